The Morgan fingerprint density at radius 3 is 2.09 bits per heavy atom. The summed E-state index contributed by atoms with van der Waals surface area (Å²) in [4.78, 5) is 38.7. The Morgan fingerprint density at radius 1 is 1.07 bits per heavy atom. The maximum absolute atomic E-state index is 14.2. The molecule has 3 atom stereocenters. The van der Waals surface area contributed by atoms with Crippen LogP contribution < -0.4 is 10.4 Å². The first-order valence-electron chi connectivity index (χ1n) is 14.1. The summed E-state index contributed by atoms with van der Waals surface area (Å²) < 4.78 is 12.7. The lowest BCUT2D eigenvalue weighted by atomic mass is 9.61. The largest absolute Gasteiger partial charge is 0.457 e. The average Bonchev–Trinajstić information content (AvgIpc) is 3.01. The summed E-state index contributed by atoms with van der Waals surface area (Å²) in [6.07, 6.45) is -1.31. The van der Waals surface area contributed by atoms with Crippen LogP contribution in [-0.4, -0.2) is 58.3 Å². The van der Waals surface area contributed by atoms with Crippen molar-refractivity contribution in [1.82, 2.24) is 4.90 Å². The van der Waals surface area contributed by atoms with E-state index < -0.39 is 48.3 Å². The van der Waals surface area contributed by atoms with Gasteiger partial charge in [-0.25, -0.2) is 4.79 Å². The minimum absolute atomic E-state index is 0.0540. The molecule has 1 fully saturated rings. The van der Waals surface area contributed by atoms with Gasteiger partial charge in [-0.05, 0) is 39.9 Å². The summed E-state index contributed by atoms with van der Waals surface area (Å²) in [5, 5.41) is 23.4. The summed E-state index contributed by atoms with van der Waals surface area (Å²) >= 11 is 6.85. The number of nitro groups is 1. The molecule has 9 nitrogen and oxygen atoms in total. The fourth-order valence-corrected chi connectivity index (χ4v) is 8.78. The van der Waals surface area contributed by atoms with E-state index in [1.54, 1.807) is 0 Å². The number of nitro benzene ring substituents is 1. The molecule has 0 bridgehead atoms. The summed E-state index contributed by atoms with van der Waals surface area (Å²) in [6, 6.07) is 25.3. The first kappa shape index (κ1) is 33.5. The van der Waals surface area contributed by atoms with Crippen molar-refractivity contribution in [3.05, 3.63) is 101 Å². The average molecular weight is 652 g/mol. The van der Waals surface area contributed by atoms with Crippen LogP contribution in [0.2, 0.25) is 0 Å². The van der Waals surface area contributed by atoms with Crippen molar-refractivity contribution < 1.29 is 28.8 Å². The maximum Gasteiger partial charge on any atom is 0.356 e. The molecule has 1 amide bonds. The van der Waals surface area contributed by atoms with Gasteiger partial charge in [-0.2, -0.15) is 0 Å². The zero-order valence-electron chi connectivity index (χ0n) is 25.0. The molecule has 1 aliphatic rings. The number of nitrogens with zero attached hydrogens (tertiary/aromatic N) is 2. The number of amides is 1. The number of aliphatic hydroxyl groups excluding tert-OH is 1. The molecule has 1 N–H and O–H groups in total. The number of thiocarbonyl (C=S) groups is 1. The van der Waals surface area contributed by atoms with Crippen LogP contribution in [0.5, 0.6) is 0 Å². The number of esters is 1. The molecule has 4 rings (SSSR count). The highest BCUT2D eigenvalue weighted by atomic mass is 32.2. The van der Waals surface area contributed by atoms with E-state index in [2.05, 4.69) is 0 Å². The number of ether oxygens (including phenoxy) is 1. The van der Waals surface area contributed by atoms with Crippen molar-refractivity contribution in [3.8, 4) is 0 Å². The lowest BCUT2D eigenvalue weighted by Crippen LogP contribution is -2.77. The molecule has 1 saturated heterocycles. The van der Waals surface area contributed by atoms with E-state index in [0.29, 0.717) is 16.2 Å². The van der Waals surface area contributed by atoms with Gasteiger partial charge in [0, 0.05) is 16.3 Å². The molecule has 0 aliphatic carbocycles. The third-order valence-corrected chi connectivity index (χ3v) is 11.8. The number of non-ortho nitro benzene ring substituents is 1. The lowest BCUT2D eigenvalue weighted by Gasteiger charge is -2.61. The molecule has 1 heterocycles. The Bertz CT molecular complexity index is 1450. The Kier molecular flexibility index (Phi) is 10.7. The zero-order valence-corrected chi connectivity index (χ0v) is 27.6. The van der Waals surface area contributed by atoms with E-state index in [1.807, 2.05) is 88.4 Å². The van der Waals surface area contributed by atoms with Crippen molar-refractivity contribution >= 4 is 65.2 Å². The topological polar surface area (TPSA) is 119 Å². The van der Waals surface area contributed by atoms with E-state index in [-0.39, 0.29) is 18.9 Å². The van der Waals surface area contributed by atoms with Gasteiger partial charge < -0.3 is 14.3 Å². The van der Waals surface area contributed by atoms with Crippen LogP contribution >= 0.6 is 24.0 Å². The quantitative estimate of drug-likeness (QED) is 0.0757. The summed E-state index contributed by atoms with van der Waals surface area (Å²) in [5.74, 6) is -1.44. The molecular formula is C32H35N2O7S2Si. The predicted octanol–water partition coefficient (Wildman–Crippen LogP) is 4.45. The number of thioether (sulfide) groups is 1. The number of benzene rings is 3. The number of rotatable bonds is 12. The van der Waals surface area contributed by atoms with E-state index in [0.717, 1.165) is 15.3 Å². The second-order valence-corrected chi connectivity index (χ2v) is 15.4. The fourth-order valence-electron chi connectivity index (χ4n) is 5.01. The van der Waals surface area contributed by atoms with Gasteiger partial charge in [0.05, 0.1) is 11.5 Å². The standard InChI is InChI=1S/C32H35N2O7S2Si/c1-5-26(42)43-30-32(31(2,3)4,21-41-44(24-12-8-6-9-13-24)25-14-10-7-11-15-25)29(37)33(30)27(35)28(36)40-20-22-16-18-23(19-17-22)34(38)39/h6-19,27,30,35H,5,20-21H2,1-4H3. The van der Waals surface area contributed by atoms with Gasteiger partial charge in [0.15, 0.2) is 0 Å². The summed E-state index contributed by atoms with van der Waals surface area (Å²) in [7, 11) is -1.76. The number of carbonyl (C=O) groups excluding carboxylic acids is 2. The van der Waals surface area contributed by atoms with Gasteiger partial charge in [-0.3, -0.25) is 19.8 Å². The SMILES string of the molecule is CCC(=S)SC1N(C(O)C(=O)OCc2ccc([N+](=O)[O-])cc2)C(=O)C1(CO[Si](c1ccccc1)c1ccccc1)C(C)(C)C. The molecule has 0 aromatic heterocycles. The van der Waals surface area contributed by atoms with Crippen LogP contribution in [0, 0.1) is 20.9 Å². The van der Waals surface area contributed by atoms with E-state index in [1.165, 1.54) is 36.0 Å². The third-order valence-electron chi connectivity index (χ3n) is 7.68. The van der Waals surface area contributed by atoms with Crippen LogP contribution in [0.15, 0.2) is 84.9 Å². The molecule has 0 spiro atoms. The van der Waals surface area contributed by atoms with Gasteiger partial charge in [0.2, 0.25) is 12.1 Å². The smallest absolute Gasteiger partial charge is 0.356 e. The number of hydrogen-bond acceptors (Lipinski definition) is 9. The number of hydrogen-bond donors (Lipinski definition) is 1. The van der Waals surface area contributed by atoms with Crippen LogP contribution in [0.25, 0.3) is 0 Å². The summed E-state index contributed by atoms with van der Waals surface area (Å²) in [5.41, 5.74) is -1.35. The van der Waals surface area contributed by atoms with Crippen LogP contribution in [0.4, 0.5) is 5.69 Å². The van der Waals surface area contributed by atoms with E-state index >= 15 is 0 Å². The van der Waals surface area contributed by atoms with Crippen molar-refractivity contribution in [3.63, 3.8) is 0 Å². The lowest BCUT2D eigenvalue weighted by molar-refractivity contribution is -0.384. The Hall–Kier alpha value is -3.42. The molecule has 3 aromatic rings. The second-order valence-electron chi connectivity index (χ2n) is 11.4. The number of β-lactam (4-membered cyclic amide) rings is 1. The van der Waals surface area contributed by atoms with E-state index in [9.17, 15) is 24.8 Å². The highest BCUT2D eigenvalue weighted by Crippen LogP contribution is 2.57. The molecular weight excluding hydrogens is 617 g/mol. The highest BCUT2D eigenvalue weighted by molar-refractivity contribution is 8.23. The molecule has 3 aromatic carbocycles. The Balaban J connectivity index is 1.60. The van der Waals surface area contributed by atoms with Crippen LogP contribution in [0.3, 0.4) is 0 Å². The normalized spacial score (nSPS) is 18.9. The van der Waals surface area contributed by atoms with Gasteiger partial charge >= 0.3 is 5.97 Å². The number of carbonyl (C=O) groups is 2. The minimum Gasteiger partial charge on any atom is -0.457 e. The highest BCUT2D eigenvalue weighted by Gasteiger charge is 2.69. The fraction of sp³-hybridized carbons (Fsp3) is 0.344. The zero-order chi connectivity index (χ0) is 32.1. The van der Waals surface area contributed by atoms with Gasteiger partial charge in [-0.1, -0.05) is 112 Å². The molecule has 12 heteroatoms. The Labute approximate surface area is 268 Å². The molecule has 1 aliphatic heterocycles. The molecule has 44 heavy (non-hydrogen) atoms. The van der Waals surface area contributed by atoms with Crippen molar-refractivity contribution in [2.24, 2.45) is 10.8 Å². The first-order valence-corrected chi connectivity index (χ1v) is 16.8. The predicted molar refractivity (Wildman–Crippen MR) is 176 cm³/mol. The van der Waals surface area contributed by atoms with Gasteiger partial charge in [-0.15, -0.1) is 0 Å². The van der Waals surface area contributed by atoms with Crippen molar-refractivity contribution in [1.29, 1.82) is 0 Å². The number of likely N-dealkylation sites (tertiary alicyclic amines) is 1. The van der Waals surface area contributed by atoms with E-state index in [4.69, 9.17) is 21.4 Å². The van der Waals surface area contributed by atoms with Crippen molar-refractivity contribution in [2.45, 2.75) is 52.3 Å². The second kappa shape index (κ2) is 14.1. The van der Waals surface area contributed by atoms with Crippen LogP contribution in [-0.2, 0) is 25.4 Å². The van der Waals surface area contributed by atoms with Gasteiger partial charge in [0.25, 0.3) is 14.7 Å². The maximum atomic E-state index is 14.2. The first-order chi connectivity index (χ1) is 20.9. The number of aliphatic hydroxyl groups is 1. The van der Waals surface area contributed by atoms with Crippen molar-refractivity contribution in [2.75, 3.05) is 6.61 Å². The third kappa shape index (κ3) is 6.94. The molecule has 3 unspecified atom stereocenters. The molecule has 1 radical (unpaired) electrons. The summed E-state index contributed by atoms with van der Waals surface area (Å²) in [6.45, 7) is 7.59. The minimum atomic E-state index is -1.87. The molecule has 0 saturated carbocycles. The monoisotopic (exact) mass is 651 g/mol. The molecule has 231 valence electrons. The van der Waals surface area contributed by atoms with Crippen LogP contribution in [0.1, 0.15) is 39.7 Å². The van der Waals surface area contributed by atoms with Gasteiger partial charge in [0.1, 0.15) is 17.4 Å². The Morgan fingerprint density at radius 2 is 1.61 bits per heavy atom.